The Balaban J connectivity index is 1.92. The SMILES string of the molecule is CNCCC=CCC1CCCc2ccccc21. The van der Waals surface area contributed by atoms with Gasteiger partial charge in [0.25, 0.3) is 0 Å². The number of hydrogen-bond acceptors (Lipinski definition) is 1. The molecule has 1 nitrogen and oxygen atoms in total. The molecule has 17 heavy (non-hydrogen) atoms. The Morgan fingerprint density at radius 2 is 2.18 bits per heavy atom. The normalized spacial score (nSPS) is 19.5. The van der Waals surface area contributed by atoms with Gasteiger partial charge in [0, 0.05) is 0 Å². The van der Waals surface area contributed by atoms with E-state index in [0.717, 1.165) is 18.9 Å². The van der Waals surface area contributed by atoms with Crippen LogP contribution in [0.1, 0.15) is 42.7 Å². The Morgan fingerprint density at radius 3 is 3.06 bits per heavy atom. The number of allylic oxidation sites excluding steroid dienone is 1. The van der Waals surface area contributed by atoms with E-state index in [-0.39, 0.29) is 0 Å². The van der Waals surface area contributed by atoms with Crippen LogP contribution in [0.15, 0.2) is 36.4 Å². The maximum absolute atomic E-state index is 3.17. The third kappa shape index (κ3) is 3.44. The number of hydrogen-bond donors (Lipinski definition) is 1. The van der Waals surface area contributed by atoms with Crippen LogP contribution >= 0.6 is 0 Å². The van der Waals surface area contributed by atoms with E-state index in [1.807, 2.05) is 7.05 Å². The zero-order chi connectivity index (χ0) is 11.9. The lowest BCUT2D eigenvalue weighted by Gasteiger charge is -2.24. The molecule has 1 aromatic carbocycles. The largest absolute Gasteiger partial charge is 0.319 e. The molecule has 0 radical (unpaired) electrons. The van der Waals surface area contributed by atoms with Crippen molar-refractivity contribution < 1.29 is 0 Å². The predicted octanol–water partition coefficient (Wildman–Crippen LogP) is 3.66. The minimum atomic E-state index is 0.755. The molecule has 0 aromatic heterocycles. The fourth-order valence-electron chi connectivity index (χ4n) is 2.71. The molecule has 2 rings (SSSR count). The van der Waals surface area contributed by atoms with Crippen LogP contribution in [0.2, 0.25) is 0 Å². The number of rotatable bonds is 5. The van der Waals surface area contributed by atoms with Crippen LogP contribution in [0.3, 0.4) is 0 Å². The van der Waals surface area contributed by atoms with Crippen LogP contribution in [0.4, 0.5) is 0 Å². The molecule has 0 saturated heterocycles. The summed E-state index contributed by atoms with van der Waals surface area (Å²) in [6.07, 6.45) is 11.0. The molecule has 0 aliphatic heterocycles. The van der Waals surface area contributed by atoms with Gasteiger partial charge in [-0.15, -0.1) is 0 Å². The second-order valence-electron chi connectivity index (χ2n) is 4.89. The average molecular weight is 229 g/mol. The van der Waals surface area contributed by atoms with Crippen molar-refractivity contribution in [2.24, 2.45) is 0 Å². The molecular formula is C16H23N. The molecule has 92 valence electrons. The van der Waals surface area contributed by atoms with Gasteiger partial charge in [-0.3, -0.25) is 0 Å². The average Bonchev–Trinajstić information content (AvgIpc) is 2.39. The number of aryl methyl sites for hydroxylation is 1. The van der Waals surface area contributed by atoms with Crippen molar-refractivity contribution in [3.05, 3.63) is 47.5 Å². The molecule has 1 aliphatic carbocycles. The molecule has 1 aromatic rings. The lowest BCUT2D eigenvalue weighted by molar-refractivity contribution is 0.557. The number of fused-ring (bicyclic) bond motifs is 1. The first-order chi connectivity index (χ1) is 8.42. The van der Waals surface area contributed by atoms with E-state index in [2.05, 4.69) is 41.7 Å². The summed E-state index contributed by atoms with van der Waals surface area (Å²) >= 11 is 0. The van der Waals surface area contributed by atoms with Crippen LogP contribution in [0, 0.1) is 0 Å². The van der Waals surface area contributed by atoms with E-state index >= 15 is 0 Å². The lowest BCUT2D eigenvalue weighted by atomic mass is 9.81. The van der Waals surface area contributed by atoms with E-state index in [4.69, 9.17) is 0 Å². The van der Waals surface area contributed by atoms with Crippen molar-refractivity contribution in [2.45, 2.75) is 38.0 Å². The van der Waals surface area contributed by atoms with Gasteiger partial charge in [0.1, 0.15) is 0 Å². The second kappa shape index (κ2) is 6.61. The van der Waals surface area contributed by atoms with Crippen molar-refractivity contribution in [1.82, 2.24) is 5.32 Å². The molecule has 1 heteroatoms. The predicted molar refractivity (Wildman–Crippen MR) is 74.4 cm³/mol. The summed E-state index contributed by atoms with van der Waals surface area (Å²) in [5, 5.41) is 3.17. The van der Waals surface area contributed by atoms with Gasteiger partial charge in [-0.2, -0.15) is 0 Å². The minimum Gasteiger partial charge on any atom is -0.319 e. The fraction of sp³-hybridized carbons (Fsp3) is 0.500. The van der Waals surface area contributed by atoms with Crippen molar-refractivity contribution in [3.63, 3.8) is 0 Å². The van der Waals surface area contributed by atoms with E-state index in [1.54, 1.807) is 11.1 Å². The summed E-state index contributed by atoms with van der Waals surface area (Å²) in [4.78, 5) is 0. The van der Waals surface area contributed by atoms with Gasteiger partial charge < -0.3 is 5.32 Å². The van der Waals surface area contributed by atoms with Gasteiger partial charge in [-0.05, 0) is 62.7 Å². The summed E-state index contributed by atoms with van der Waals surface area (Å²) in [5.41, 5.74) is 3.17. The highest BCUT2D eigenvalue weighted by Crippen LogP contribution is 2.33. The maximum Gasteiger partial charge on any atom is -0.00173 e. The molecule has 1 N–H and O–H groups in total. The van der Waals surface area contributed by atoms with Crippen molar-refractivity contribution in [1.29, 1.82) is 0 Å². The molecule has 1 unspecified atom stereocenters. The Kier molecular flexibility index (Phi) is 4.81. The zero-order valence-corrected chi connectivity index (χ0v) is 10.8. The fourth-order valence-corrected chi connectivity index (χ4v) is 2.71. The third-order valence-corrected chi connectivity index (χ3v) is 3.64. The standard InChI is InChI=1S/C16H23N/c1-17-13-6-2-3-8-14-10-7-11-15-9-4-5-12-16(14)15/h2-5,9,12,14,17H,6-8,10-11,13H2,1H3. The van der Waals surface area contributed by atoms with E-state index < -0.39 is 0 Å². The van der Waals surface area contributed by atoms with Gasteiger partial charge in [0.2, 0.25) is 0 Å². The monoisotopic (exact) mass is 229 g/mol. The topological polar surface area (TPSA) is 12.0 Å². The first kappa shape index (κ1) is 12.4. The summed E-state index contributed by atoms with van der Waals surface area (Å²) in [5.74, 6) is 0.755. The van der Waals surface area contributed by atoms with E-state index in [9.17, 15) is 0 Å². The highest BCUT2D eigenvalue weighted by atomic mass is 14.8. The summed E-state index contributed by atoms with van der Waals surface area (Å²) in [6, 6.07) is 8.97. The molecule has 0 amide bonds. The van der Waals surface area contributed by atoms with Gasteiger partial charge in [0.15, 0.2) is 0 Å². The minimum absolute atomic E-state index is 0.755. The Bertz CT molecular complexity index is 368. The van der Waals surface area contributed by atoms with E-state index in [1.165, 1.54) is 25.7 Å². The first-order valence-electron chi connectivity index (χ1n) is 6.79. The van der Waals surface area contributed by atoms with Crippen molar-refractivity contribution in [2.75, 3.05) is 13.6 Å². The Hall–Kier alpha value is -1.08. The zero-order valence-electron chi connectivity index (χ0n) is 10.8. The van der Waals surface area contributed by atoms with Crippen molar-refractivity contribution >= 4 is 0 Å². The lowest BCUT2D eigenvalue weighted by Crippen LogP contribution is -2.09. The highest BCUT2D eigenvalue weighted by molar-refractivity contribution is 5.32. The highest BCUT2D eigenvalue weighted by Gasteiger charge is 2.17. The van der Waals surface area contributed by atoms with E-state index in [0.29, 0.717) is 0 Å². The van der Waals surface area contributed by atoms with Crippen LogP contribution in [-0.2, 0) is 6.42 Å². The van der Waals surface area contributed by atoms with Crippen LogP contribution in [0.25, 0.3) is 0 Å². The number of benzene rings is 1. The van der Waals surface area contributed by atoms with Crippen LogP contribution < -0.4 is 5.32 Å². The van der Waals surface area contributed by atoms with Gasteiger partial charge >= 0.3 is 0 Å². The molecule has 0 fully saturated rings. The summed E-state index contributed by atoms with van der Waals surface area (Å²) in [7, 11) is 2.01. The molecular weight excluding hydrogens is 206 g/mol. The Labute approximate surface area is 105 Å². The molecule has 0 heterocycles. The van der Waals surface area contributed by atoms with Gasteiger partial charge in [-0.25, -0.2) is 0 Å². The van der Waals surface area contributed by atoms with Crippen LogP contribution in [-0.4, -0.2) is 13.6 Å². The van der Waals surface area contributed by atoms with Gasteiger partial charge in [-0.1, -0.05) is 36.4 Å². The third-order valence-electron chi connectivity index (χ3n) is 3.64. The summed E-state index contributed by atoms with van der Waals surface area (Å²) < 4.78 is 0. The molecule has 0 bridgehead atoms. The Morgan fingerprint density at radius 1 is 1.29 bits per heavy atom. The van der Waals surface area contributed by atoms with Gasteiger partial charge in [0.05, 0.1) is 0 Å². The molecule has 1 aliphatic rings. The number of nitrogens with one attached hydrogen (secondary N) is 1. The second-order valence-corrected chi connectivity index (χ2v) is 4.89. The first-order valence-corrected chi connectivity index (χ1v) is 6.79. The van der Waals surface area contributed by atoms with Crippen molar-refractivity contribution in [3.8, 4) is 0 Å². The summed E-state index contributed by atoms with van der Waals surface area (Å²) in [6.45, 7) is 1.08. The molecule has 1 atom stereocenters. The smallest absolute Gasteiger partial charge is 0.00173 e. The molecule has 0 saturated carbocycles. The maximum atomic E-state index is 3.17. The quantitative estimate of drug-likeness (QED) is 0.600. The molecule has 0 spiro atoms. The van der Waals surface area contributed by atoms with Crippen LogP contribution in [0.5, 0.6) is 0 Å².